The van der Waals surface area contributed by atoms with E-state index in [9.17, 15) is 18.5 Å². The molecular weight excluding hydrogens is 435 g/mol. The van der Waals surface area contributed by atoms with Crippen molar-refractivity contribution in [3.8, 4) is 0 Å². The van der Waals surface area contributed by atoms with Crippen LogP contribution in [0.1, 0.15) is 19.8 Å². The summed E-state index contributed by atoms with van der Waals surface area (Å²) >= 11 is 18.1. The van der Waals surface area contributed by atoms with Crippen LogP contribution in [-0.2, 0) is 10.0 Å². The zero-order valence-corrected chi connectivity index (χ0v) is 17.4. The zero-order chi connectivity index (χ0) is 20.2. The minimum atomic E-state index is -3.97. The summed E-state index contributed by atoms with van der Waals surface area (Å²) in [7, 11) is -3.97. The van der Waals surface area contributed by atoms with Crippen LogP contribution in [0.3, 0.4) is 0 Å². The standard InChI is InChI=1S/C17H17Cl3N2O4S/c1-12(22(23)24)3-2-10-21(17-11-14(19)6-9-16(17)20)27(25,26)15-7-4-13(18)5-8-15/h4-9,11-12H,2-3,10H2,1H3/t12-/m1/s1. The van der Waals surface area contributed by atoms with E-state index < -0.39 is 21.0 Å². The summed E-state index contributed by atoms with van der Waals surface area (Å²) in [6.07, 6.45) is 0.496. The van der Waals surface area contributed by atoms with Crippen molar-refractivity contribution < 1.29 is 13.3 Å². The predicted molar refractivity (Wildman–Crippen MR) is 108 cm³/mol. The topological polar surface area (TPSA) is 80.5 Å². The number of halogens is 3. The maximum absolute atomic E-state index is 13.2. The number of benzene rings is 2. The molecule has 146 valence electrons. The Balaban J connectivity index is 2.41. The first-order valence-corrected chi connectivity index (χ1v) is 10.6. The molecule has 0 heterocycles. The first kappa shape index (κ1) is 21.8. The number of nitrogens with zero attached hydrogens (tertiary/aromatic N) is 2. The summed E-state index contributed by atoms with van der Waals surface area (Å²) in [6, 6.07) is 9.46. The maximum Gasteiger partial charge on any atom is 0.264 e. The van der Waals surface area contributed by atoms with Gasteiger partial charge < -0.3 is 0 Å². The van der Waals surface area contributed by atoms with Crippen molar-refractivity contribution in [2.24, 2.45) is 0 Å². The third-order valence-corrected chi connectivity index (χ3v) is 6.56. The van der Waals surface area contributed by atoms with Gasteiger partial charge in [-0.25, -0.2) is 8.42 Å². The number of anilines is 1. The number of nitro groups is 1. The van der Waals surface area contributed by atoms with Gasteiger partial charge in [0.05, 0.1) is 15.6 Å². The number of hydrogen-bond acceptors (Lipinski definition) is 4. The lowest BCUT2D eigenvalue weighted by molar-refractivity contribution is -0.518. The second-order valence-electron chi connectivity index (χ2n) is 5.90. The summed E-state index contributed by atoms with van der Waals surface area (Å²) in [4.78, 5) is 10.5. The van der Waals surface area contributed by atoms with Gasteiger partial charge in [-0.1, -0.05) is 34.8 Å². The van der Waals surface area contributed by atoms with Crippen LogP contribution < -0.4 is 4.31 Å². The molecule has 2 aromatic rings. The highest BCUT2D eigenvalue weighted by molar-refractivity contribution is 7.92. The van der Waals surface area contributed by atoms with E-state index in [0.717, 1.165) is 4.31 Å². The Morgan fingerprint density at radius 3 is 2.26 bits per heavy atom. The van der Waals surface area contributed by atoms with Crippen LogP contribution in [0.25, 0.3) is 0 Å². The van der Waals surface area contributed by atoms with Gasteiger partial charge in [0.2, 0.25) is 6.04 Å². The smallest absolute Gasteiger partial charge is 0.264 e. The Morgan fingerprint density at radius 2 is 1.67 bits per heavy atom. The average Bonchev–Trinajstić information content (AvgIpc) is 2.61. The third-order valence-electron chi connectivity index (χ3n) is 3.92. The second-order valence-corrected chi connectivity index (χ2v) is 9.05. The van der Waals surface area contributed by atoms with Crippen LogP contribution in [0.2, 0.25) is 15.1 Å². The number of sulfonamides is 1. The van der Waals surface area contributed by atoms with E-state index in [1.807, 2.05) is 0 Å². The SMILES string of the molecule is C[C@H](CCCN(c1cc(Cl)ccc1Cl)S(=O)(=O)c1ccc(Cl)cc1)[N+](=O)[O-]. The summed E-state index contributed by atoms with van der Waals surface area (Å²) in [5, 5.41) is 11.8. The summed E-state index contributed by atoms with van der Waals surface area (Å²) in [5.41, 5.74) is 0.216. The van der Waals surface area contributed by atoms with E-state index >= 15 is 0 Å². The van der Waals surface area contributed by atoms with Gasteiger partial charge in [0.1, 0.15) is 0 Å². The second kappa shape index (κ2) is 9.10. The molecule has 0 fully saturated rings. The Labute approximate surface area is 172 Å². The van der Waals surface area contributed by atoms with Crippen molar-refractivity contribution in [3.63, 3.8) is 0 Å². The molecule has 0 aliphatic heterocycles. The van der Waals surface area contributed by atoms with Crippen LogP contribution in [0.5, 0.6) is 0 Å². The van der Waals surface area contributed by atoms with Crippen molar-refractivity contribution in [2.45, 2.75) is 30.7 Å². The molecule has 1 atom stereocenters. The van der Waals surface area contributed by atoms with Gasteiger partial charge in [-0.15, -0.1) is 0 Å². The Kier molecular flexibility index (Phi) is 7.33. The molecule has 27 heavy (non-hydrogen) atoms. The molecule has 10 heteroatoms. The van der Waals surface area contributed by atoms with E-state index in [1.54, 1.807) is 6.07 Å². The molecule has 0 N–H and O–H groups in total. The zero-order valence-electron chi connectivity index (χ0n) is 14.3. The highest BCUT2D eigenvalue weighted by Gasteiger charge is 2.27. The van der Waals surface area contributed by atoms with Crippen molar-refractivity contribution in [3.05, 3.63) is 67.6 Å². The summed E-state index contributed by atoms with van der Waals surface area (Å²) < 4.78 is 27.5. The van der Waals surface area contributed by atoms with Crippen LogP contribution in [0.15, 0.2) is 47.4 Å². The molecule has 0 aliphatic carbocycles. The van der Waals surface area contributed by atoms with E-state index in [-0.39, 0.29) is 35.0 Å². The van der Waals surface area contributed by atoms with E-state index in [0.29, 0.717) is 10.0 Å². The van der Waals surface area contributed by atoms with Crippen molar-refractivity contribution in [1.82, 2.24) is 0 Å². The van der Waals surface area contributed by atoms with Gasteiger partial charge in [0.15, 0.2) is 0 Å². The van der Waals surface area contributed by atoms with Gasteiger partial charge in [0, 0.05) is 34.9 Å². The predicted octanol–water partition coefficient (Wildman–Crippen LogP) is 5.29. The van der Waals surface area contributed by atoms with Crippen molar-refractivity contribution in [1.29, 1.82) is 0 Å². The van der Waals surface area contributed by atoms with Gasteiger partial charge in [-0.3, -0.25) is 14.4 Å². The monoisotopic (exact) mass is 450 g/mol. The molecule has 0 saturated heterocycles. The molecule has 0 saturated carbocycles. The highest BCUT2D eigenvalue weighted by atomic mass is 35.5. The Hall–Kier alpha value is -1.54. The van der Waals surface area contributed by atoms with Gasteiger partial charge in [0.25, 0.3) is 10.0 Å². The number of rotatable bonds is 8. The highest BCUT2D eigenvalue weighted by Crippen LogP contribution is 2.33. The molecule has 0 spiro atoms. The summed E-state index contributed by atoms with van der Waals surface area (Å²) in [6.45, 7) is 1.49. The maximum atomic E-state index is 13.2. The lowest BCUT2D eigenvalue weighted by Gasteiger charge is -2.26. The molecule has 0 aromatic heterocycles. The van der Waals surface area contributed by atoms with Crippen molar-refractivity contribution in [2.75, 3.05) is 10.8 Å². The van der Waals surface area contributed by atoms with E-state index in [1.165, 1.54) is 43.3 Å². The van der Waals surface area contributed by atoms with Gasteiger partial charge in [-0.05, 0) is 48.9 Å². The molecule has 6 nitrogen and oxygen atoms in total. The molecule has 0 unspecified atom stereocenters. The minimum Gasteiger partial charge on any atom is -0.265 e. The molecule has 0 aliphatic rings. The molecule has 2 aromatic carbocycles. The van der Waals surface area contributed by atoms with Gasteiger partial charge >= 0.3 is 0 Å². The minimum absolute atomic E-state index is 0.0171. The Bertz CT molecular complexity index is 920. The largest absolute Gasteiger partial charge is 0.265 e. The fraction of sp³-hybridized carbons (Fsp3) is 0.294. The van der Waals surface area contributed by atoms with Crippen molar-refractivity contribution >= 4 is 50.5 Å². The fourth-order valence-electron chi connectivity index (χ4n) is 2.42. The fourth-order valence-corrected chi connectivity index (χ4v) is 4.49. The normalized spacial score (nSPS) is 12.6. The number of hydrogen-bond donors (Lipinski definition) is 0. The van der Waals surface area contributed by atoms with Gasteiger partial charge in [-0.2, -0.15) is 0 Å². The van der Waals surface area contributed by atoms with E-state index in [2.05, 4.69) is 0 Å². The molecule has 2 rings (SSSR count). The molecule has 0 bridgehead atoms. The third kappa shape index (κ3) is 5.48. The first-order chi connectivity index (χ1) is 12.6. The Morgan fingerprint density at radius 1 is 1.07 bits per heavy atom. The lowest BCUT2D eigenvalue weighted by atomic mass is 10.2. The van der Waals surface area contributed by atoms with E-state index in [4.69, 9.17) is 34.8 Å². The first-order valence-electron chi connectivity index (χ1n) is 8.00. The van der Waals surface area contributed by atoms with Crippen LogP contribution >= 0.6 is 34.8 Å². The molecular formula is C17H17Cl3N2O4S. The van der Waals surface area contributed by atoms with Crippen LogP contribution in [-0.4, -0.2) is 25.9 Å². The molecule has 0 amide bonds. The molecule has 0 radical (unpaired) electrons. The quantitative estimate of drug-likeness (QED) is 0.403. The van der Waals surface area contributed by atoms with Crippen LogP contribution in [0, 0.1) is 10.1 Å². The van der Waals surface area contributed by atoms with Crippen LogP contribution in [0.4, 0.5) is 5.69 Å². The summed E-state index contributed by atoms with van der Waals surface area (Å²) in [5.74, 6) is 0. The lowest BCUT2D eigenvalue weighted by Crippen LogP contribution is -2.33. The average molecular weight is 452 g/mol.